The number of imidazole rings is 1. The van der Waals surface area contributed by atoms with E-state index in [1.54, 1.807) is 6.07 Å². The van der Waals surface area contributed by atoms with Crippen molar-refractivity contribution in [3.05, 3.63) is 42.5 Å². The number of nitrogens with one attached hydrogen (secondary N) is 2. The lowest BCUT2D eigenvalue weighted by Crippen LogP contribution is -2.13. The maximum atomic E-state index is 12.2. The molecule has 2 aromatic carbocycles. The number of nitrogens with zero attached hydrogens (tertiary/aromatic N) is 2. The molecule has 0 aliphatic heterocycles. The first-order valence-electron chi connectivity index (χ1n) is 7.69. The van der Waals surface area contributed by atoms with Gasteiger partial charge in [-0.2, -0.15) is 0 Å². The lowest BCUT2D eigenvalue weighted by molar-refractivity contribution is -0.113. The van der Waals surface area contributed by atoms with Crippen molar-refractivity contribution in [3.63, 3.8) is 0 Å². The molecule has 1 amide bonds. The van der Waals surface area contributed by atoms with E-state index in [-0.39, 0.29) is 16.6 Å². The number of amides is 1. The number of H-pyrrole nitrogens is 1. The Labute approximate surface area is 162 Å². The first-order chi connectivity index (χ1) is 12.9. The molecule has 8 nitrogen and oxygen atoms in total. The number of hydrogen-bond acceptors (Lipinski definition) is 7. The van der Waals surface area contributed by atoms with Crippen LogP contribution in [0.15, 0.2) is 52.5 Å². The van der Waals surface area contributed by atoms with Crippen LogP contribution in [0.3, 0.4) is 0 Å². The maximum Gasteiger partial charge on any atom is 0.238 e. The summed E-state index contributed by atoms with van der Waals surface area (Å²) in [6.45, 7) is 0. The van der Waals surface area contributed by atoms with Crippen molar-refractivity contribution in [2.24, 2.45) is 5.14 Å². The van der Waals surface area contributed by atoms with Crippen LogP contribution in [0.4, 0.5) is 5.13 Å². The highest BCUT2D eigenvalue weighted by molar-refractivity contribution is 7.99. The van der Waals surface area contributed by atoms with E-state index in [4.69, 9.17) is 5.14 Å². The van der Waals surface area contributed by atoms with Gasteiger partial charge in [-0.25, -0.2) is 23.5 Å². The molecule has 2 heterocycles. The van der Waals surface area contributed by atoms with Crippen LogP contribution in [0, 0.1) is 0 Å². The predicted octanol–water partition coefficient (Wildman–Crippen LogP) is 2.55. The van der Waals surface area contributed by atoms with Crippen molar-refractivity contribution in [2.75, 3.05) is 11.1 Å². The fraction of sp³-hybridized carbons (Fsp3) is 0.0625. The summed E-state index contributed by atoms with van der Waals surface area (Å²) in [4.78, 5) is 24.0. The second-order valence-electron chi connectivity index (χ2n) is 5.59. The van der Waals surface area contributed by atoms with Crippen LogP contribution in [0.1, 0.15) is 0 Å². The Bertz CT molecular complexity index is 1230. The molecule has 0 saturated carbocycles. The van der Waals surface area contributed by atoms with Gasteiger partial charge in [0.15, 0.2) is 10.3 Å². The summed E-state index contributed by atoms with van der Waals surface area (Å²) in [6, 6.07) is 12.0. The van der Waals surface area contributed by atoms with E-state index in [1.807, 2.05) is 24.3 Å². The van der Waals surface area contributed by atoms with E-state index in [2.05, 4.69) is 20.3 Å². The summed E-state index contributed by atoms with van der Waals surface area (Å²) in [5.41, 5.74) is 2.35. The Hall–Kier alpha value is -2.47. The van der Waals surface area contributed by atoms with Crippen LogP contribution in [-0.2, 0) is 14.8 Å². The van der Waals surface area contributed by atoms with Crippen molar-refractivity contribution < 1.29 is 13.2 Å². The molecule has 0 saturated heterocycles. The number of para-hydroxylation sites is 2. The summed E-state index contributed by atoms with van der Waals surface area (Å²) in [5.74, 6) is -0.0655. The molecule has 0 spiro atoms. The zero-order valence-corrected chi connectivity index (χ0v) is 16.1. The number of rotatable bonds is 5. The SMILES string of the molecule is NS(=O)(=O)c1ccc2nc(NC(=O)CSc3nc4ccccc4[nH]3)sc2c1. The number of thioether (sulfide) groups is 1. The van der Waals surface area contributed by atoms with Crippen LogP contribution in [0.5, 0.6) is 0 Å². The number of carbonyl (C=O) groups excluding carboxylic acids is 1. The second kappa shape index (κ2) is 6.93. The predicted molar refractivity (Wildman–Crippen MR) is 106 cm³/mol. The van der Waals surface area contributed by atoms with Gasteiger partial charge in [0.2, 0.25) is 15.9 Å². The van der Waals surface area contributed by atoms with Gasteiger partial charge in [-0.15, -0.1) is 0 Å². The quantitative estimate of drug-likeness (QED) is 0.426. The molecular formula is C16H13N5O3S3. The Morgan fingerprint density at radius 1 is 1.19 bits per heavy atom. The number of nitrogens with two attached hydrogens (primary N) is 1. The minimum absolute atomic E-state index is 0.0111. The molecule has 11 heteroatoms. The standard InChI is InChI=1S/C16H13N5O3S3/c17-27(23,24)9-5-6-12-13(7-9)26-16(20-12)21-14(22)8-25-15-18-10-3-1-2-4-11(10)19-15/h1-7H,8H2,(H,18,19)(H2,17,23,24)(H,20,21,22). The third-order valence-corrected chi connectivity index (χ3v) is 6.36. The molecule has 0 radical (unpaired) electrons. The van der Waals surface area contributed by atoms with Gasteiger partial charge in [0.1, 0.15) is 0 Å². The Kier molecular flexibility index (Phi) is 4.60. The van der Waals surface area contributed by atoms with Gasteiger partial charge in [-0.1, -0.05) is 35.2 Å². The third-order valence-electron chi connectivity index (χ3n) is 3.64. The second-order valence-corrected chi connectivity index (χ2v) is 9.15. The normalized spacial score (nSPS) is 11.9. The number of hydrogen-bond donors (Lipinski definition) is 3. The monoisotopic (exact) mass is 419 g/mol. The topological polar surface area (TPSA) is 131 Å². The lowest BCUT2D eigenvalue weighted by Gasteiger charge is -1.99. The molecule has 4 rings (SSSR count). The van der Waals surface area contributed by atoms with Gasteiger partial charge in [0.25, 0.3) is 0 Å². The zero-order valence-electron chi connectivity index (χ0n) is 13.7. The molecule has 2 aromatic heterocycles. The van der Waals surface area contributed by atoms with Crippen LogP contribution < -0.4 is 10.5 Å². The summed E-state index contributed by atoms with van der Waals surface area (Å²) in [6.07, 6.45) is 0. The number of thiazole rings is 1. The summed E-state index contributed by atoms with van der Waals surface area (Å²) < 4.78 is 23.5. The highest BCUT2D eigenvalue weighted by Gasteiger charge is 2.13. The Balaban J connectivity index is 1.44. The Morgan fingerprint density at radius 2 is 2.00 bits per heavy atom. The van der Waals surface area contributed by atoms with Crippen molar-refractivity contribution in [1.29, 1.82) is 0 Å². The number of anilines is 1. The summed E-state index contributed by atoms with van der Waals surface area (Å²) in [7, 11) is -3.78. The van der Waals surface area contributed by atoms with Gasteiger partial charge in [-0.3, -0.25) is 4.79 Å². The van der Waals surface area contributed by atoms with Crippen molar-refractivity contribution >= 4 is 65.4 Å². The van der Waals surface area contributed by atoms with E-state index in [1.165, 1.54) is 35.2 Å². The molecule has 4 N–H and O–H groups in total. The Morgan fingerprint density at radius 3 is 2.78 bits per heavy atom. The first-order valence-corrected chi connectivity index (χ1v) is 11.0. The fourth-order valence-corrected chi connectivity index (χ4v) is 4.64. The molecule has 0 atom stereocenters. The summed E-state index contributed by atoms with van der Waals surface area (Å²) >= 11 is 2.47. The third kappa shape index (κ3) is 3.95. The zero-order chi connectivity index (χ0) is 19.0. The number of sulfonamides is 1. The van der Waals surface area contributed by atoms with E-state index in [0.717, 1.165) is 11.0 Å². The molecular weight excluding hydrogens is 406 g/mol. The largest absolute Gasteiger partial charge is 0.333 e. The lowest BCUT2D eigenvalue weighted by atomic mass is 10.3. The van der Waals surface area contributed by atoms with Crippen LogP contribution >= 0.6 is 23.1 Å². The van der Waals surface area contributed by atoms with Crippen molar-refractivity contribution in [3.8, 4) is 0 Å². The fourth-order valence-electron chi connectivity index (χ4n) is 2.42. The minimum atomic E-state index is -3.78. The maximum absolute atomic E-state index is 12.2. The number of primary sulfonamides is 1. The first kappa shape index (κ1) is 17.9. The van der Waals surface area contributed by atoms with Crippen LogP contribution in [0.2, 0.25) is 0 Å². The summed E-state index contributed by atoms with van der Waals surface area (Å²) in [5, 5.41) is 8.91. The minimum Gasteiger partial charge on any atom is -0.333 e. The van der Waals surface area contributed by atoms with Gasteiger partial charge < -0.3 is 10.3 Å². The number of fused-ring (bicyclic) bond motifs is 2. The number of carbonyl (C=O) groups is 1. The van der Waals surface area contributed by atoms with E-state index >= 15 is 0 Å². The highest BCUT2D eigenvalue weighted by Crippen LogP contribution is 2.28. The average Bonchev–Trinajstić information content (AvgIpc) is 3.21. The van der Waals surface area contributed by atoms with Gasteiger partial charge in [-0.05, 0) is 30.3 Å². The number of aromatic nitrogens is 3. The van der Waals surface area contributed by atoms with Gasteiger partial charge in [0, 0.05) is 0 Å². The van der Waals surface area contributed by atoms with Crippen LogP contribution in [0.25, 0.3) is 21.3 Å². The van der Waals surface area contributed by atoms with Crippen molar-refractivity contribution in [1.82, 2.24) is 15.0 Å². The smallest absolute Gasteiger partial charge is 0.238 e. The van der Waals surface area contributed by atoms with Crippen molar-refractivity contribution in [2.45, 2.75) is 10.1 Å². The van der Waals surface area contributed by atoms with E-state index < -0.39 is 10.0 Å². The molecule has 27 heavy (non-hydrogen) atoms. The number of aromatic amines is 1. The molecule has 0 bridgehead atoms. The molecule has 138 valence electrons. The van der Waals surface area contributed by atoms with Gasteiger partial charge in [0.05, 0.1) is 31.9 Å². The molecule has 4 aromatic rings. The van der Waals surface area contributed by atoms with E-state index in [9.17, 15) is 13.2 Å². The van der Waals surface area contributed by atoms with E-state index in [0.29, 0.717) is 20.5 Å². The molecule has 0 fully saturated rings. The average molecular weight is 420 g/mol. The molecule has 0 aliphatic rings. The van der Waals surface area contributed by atoms with Crippen LogP contribution in [-0.4, -0.2) is 35.0 Å². The number of benzene rings is 2. The van der Waals surface area contributed by atoms with Gasteiger partial charge >= 0.3 is 0 Å². The molecule has 0 unspecified atom stereocenters. The molecule has 0 aliphatic carbocycles. The highest BCUT2D eigenvalue weighted by atomic mass is 32.2.